The summed E-state index contributed by atoms with van der Waals surface area (Å²) in [6, 6.07) is 62.7. The molecule has 0 aliphatic heterocycles. The number of para-hydroxylation sites is 5. The molecule has 0 fully saturated rings. The molecule has 6 aromatic heterocycles. The monoisotopic (exact) mass is 925 g/mol. The van der Waals surface area contributed by atoms with Crippen molar-refractivity contribution in [3.63, 3.8) is 0 Å². The molecule has 71 heavy (non-hydrogen) atoms. The lowest BCUT2D eigenvalue weighted by atomic mass is 10.1. The third kappa shape index (κ3) is 6.66. The van der Waals surface area contributed by atoms with Gasteiger partial charge in [-0.15, -0.1) is 0 Å². The average molecular weight is 926 g/mol. The first-order chi connectivity index (χ1) is 35.1. The molecule has 1 radical (unpaired) electrons. The Hall–Kier alpha value is -9.46. The number of rotatable bonds is 8. The average Bonchev–Trinajstić information content (AvgIpc) is 4.19. The molecular weight excluding hydrogens is 887 g/mol. The molecule has 8 aromatic carbocycles. The normalized spacial score (nSPS) is 11.6. The minimum Gasteiger partial charge on any atom is -0.535 e. The molecule has 0 unspecified atom stereocenters. The SMILES string of the molecule is COc1c(O[B]O)ccc2c1oc1c(-c3ccccc3)nc(-n3c4ccccc4c4ccccc43)nc12.COc1cccc2c1oc1c(-c3ccccc3)nc(-n3c4ccccc4c4ccccc43)nc12. The van der Waals surface area contributed by atoms with E-state index in [1.54, 1.807) is 13.2 Å². The van der Waals surface area contributed by atoms with E-state index in [1.807, 2.05) is 121 Å². The molecule has 0 aliphatic rings. The fourth-order valence-electron chi connectivity index (χ4n) is 9.84. The van der Waals surface area contributed by atoms with Gasteiger partial charge in [0.2, 0.25) is 17.6 Å². The second-order valence-electron chi connectivity index (χ2n) is 16.8. The predicted octanol–water partition coefficient (Wildman–Crippen LogP) is 13.2. The van der Waals surface area contributed by atoms with Crippen LogP contribution in [0.5, 0.6) is 17.2 Å². The van der Waals surface area contributed by atoms with Gasteiger partial charge in [0.05, 0.1) is 47.1 Å². The molecular formula is C58H38BN6O6. The highest BCUT2D eigenvalue weighted by molar-refractivity contribution is 6.18. The Labute approximate surface area is 404 Å². The lowest BCUT2D eigenvalue weighted by molar-refractivity contribution is 0.380. The molecule has 12 nitrogen and oxygen atoms in total. The summed E-state index contributed by atoms with van der Waals surface area (Å²) in [4.78, 5) is 20.3. The Morgan fingerprint density at radius 3 is 1.27 bits per heavy atom. The molecule has 0 saturated heterocycles. The van der Waals surface area contributed by atoms with E-state index in [2.05, 4.69) is 69.8 Å². The highest BCUT2D eigenvalue weighted by atomic mass is 16.5. The van der Waals surface area contributed by atoms with E-state index in [9.17, 15) is 5.02 Å². The molecule has 0 atom stereocenters. The summed E-state index contributed by atoms with van der Waals surface area (Å²) in [6.07, 6.45) is 0. The van der Waals surface area contributed by atoms with Crippen molar-refractivity contribution in [3.8, 4) is 51.7 Å². The van der Waals surface area contributed by atoms with Crippen LogP contribution in [-0.4, -0.2) is 56.0 Å². The first-order valence-electron chi connectivity index (χ1n) is 22.9. The van der Waals surface area contributed by atoms with Gasteiger partial charge in [-0.05, 0) is 48.5 Å². The zero-order valence-corrected chi connectivity index (χ0v) is 38.1. The van der Waals surface area contributed by atoms with Gasteiger partial charge in [-0.3, -0.25) is 9.13 Å². The Morgan fingerprint density at radius 1 is 0.394 bits per heavy atom. The molecule has 13 heteroatoms. The van der Waals surface area contributed by atoms with Crippen LogP contribution < -0.4 is 14.1 Å². The van der Waals surface area contributed by atoms with E-state index in [-0.39, 0.29) is 0 Å². The minimum atomic E-state index is 0.327. The van der Waals surface area contributed by atoms with Gasteiger partial charge in [0.25, 0.3) is 0 Å². The first kappa shape index (κ1) is 41.7. The van der Waals surface area contributed by atoms with Crippen molar-refractivity contribution in [2.75, 3.05) is 14.2 Å². The van der Waals surface area contributed by atoms with Gasteiger partial charge in [-0.25, -0.2) is 19.9 Å². The molecule has 14 rings (SSSR count). The van der Waals surface area contributed by atoms with Crippen LogP contribution in [0, 0.1) is 0 Å². The van der Waals surface area contributed by atoms with Crippen LogP contribution in [0.3, 0.4) is 0 Å². The van der Waals surface area contributed by atoms with E-state index in [0.29, 0.717) is 70.4 Å². The lowest BCUT2D eigenvalue weighted by Gasteiger charge is -2.09. The van der Waals surface area contributed by atoms with Crippen molar-refractivity contribution < 1.29 is 28.0 Å². The molecule has 6 heterocycles. The number of furan rings is 2. The number of hydrogen-bond acceptors (Lipinski definition) is 10. The Kier molecular flexibility index (Phi) is 9.96. The molecule has 0 saturated carbocycles. The molecule has 1 N–H and O–H groups in total. The number of methoxy groups -OCH3 is 2. The zero-order chi connectivity index (χ0) is 47.6. The zero-order valence-electron chi connectivity index (χ0n) is 38.1. The Bertz CT molecular complexity index is 4250. The lowest BCUT2D eigenvalue weighted by Crippen LogP contribution is -2.02. The summed E-state index contributed by atoms with van der Waals surface area (Å²) >= 11 is 0. The summed E-state index contributed by atoms with van der Waals surface area (Å²) in [6.45, 7) is 0. The Morgan fingerprint density at radius 2 is 0.817 bits per heavy atom. The second kappa shape index (κ2) is 16.9. The quantitative estimate of drug-likeness (QED) is 0.147. The van der Waals surface area contributed by atoms with Crippen molar-refractivity contribution in [3.05, 3.63) is 188 Å². The van der Waals surface area contributed by atoms with Crippen molar-refractivity contribution in [1.82, 2.24) is 29.1 Å². The van der Waals surface area contributed by atoms with Gasteiger partial charge < -0.3 is 28.0 Å². The molecule has 0 spiro atoms. The fourth-order valence-corrected chi connectivity index (χ4v) is 9.84. The third-order valence-corrected chi connectivity index (χ3v) is 12.9. The van der Waals surface area contributed by atoms with Crippen LogP contribution in [-0.2, 0) is 0 Å². The number of ether oxygens (including phenoxy) is 2. The van der Waals surface area contributed by atoms with Crippen LogP contribution >= 0.6 is 0 Å². The maximum absolute atomic E-state index is 9.20. The summed E-state index contributed by atoms with van der Waals surface area (Å²) in [5.41, 5.74) is 11.2. The third-order valence-electron chi connectivity index (χ3n) is 12.9. The largest absolute Gasteiger partial charge is 0.569 e. The number of aromatic nitrogens is 6. The van der Waals surface area contributed by atoms with Crippen molar-refractivity contribution >= 4 is 95.4 Å². The van der Waals surface area contributed by atoms with Crippen molar-refractivity contribution in [2.24, 2.45) is 0 Å². The van der Waals surface area contributed by atoms with Crippen molar-refractivity contribution in [2.45, 2.75) is 0 Å². The summed E-state index contributed by atoms with van der Waals surface area (Å²) in [5.74, 6) is 2.50. The van der Waals surface area contributed by atoms with Crippen LogP contribution in [0.15, 0.2) is 197 Å². The van der Waals surface area contributed by atoms with Gasteiger partial charge in [-0.1, -0.05) is 140 Å². The van der Waals surface area contributed by atoms with Crippen LogP contribution in [0.25, 0.3) is 122 Å². The molecule has 0 bridgehead atoms. The summed E-state index contributed by atoms with van der Waals surface area (Å²) in [5, 5.41) is 15.4. The Balaban J connectivity index is 0.000000139. The standard InChI is InChI=1S/C29H19BN3O4.C29H19N3O2/c1-35-27-23(37-30-34)16-15-20-25-28(36-26(20)27)24(17-9-3-2-4-10-17)31-29(32-25)33-21-13-7-5-11-18(21)19-12-6-8-14-22(19)33;1-33-24-17-9-14-21-26-28(34-27(21)24)25(18-10-3-2-4-11-18)30-29(31-26)32-22-15-7-5-12-19(22)20-13-6-8-16-23(20)32/h2-16,34H,1H3;2-17H,1H3. The fraction of sp³-hybridized carbons (Fsp3) is 0.0345. The topological polar surface area (TPSA) is 136 Å². The van der Waals surface area contributed by atoms with Crippen LogP contribution in [0.4, 0.5) is 0 Å². The molecule has 14 aromatic rings. The number of hydrogen-bond donors (Lipinski definition) is 1. The van der Waals surface area contributed by atoms with Crippen molar-refractivity contribution in [1.29, 1.82) is 0 Å². The van der Waals surface area contributed by atoms with E-state index >= 15 is 0 Å². The summed E-state index contributed by atoms with van der Waals surface area (Å²) in [7, 11) is 3.79. The van der Waals surface area contributed by atoms with Gasteiger partial charge in [0, 0.05) is 32.7 Å². The predicted molar refractivity (Wildman–Crippen MR) is 280 cm³/mol. The van der Waals surface area contributed by atoms with Gasteiger partial charge in [0.1, 0.15) is 28.2 Å². The minimum absolute atomic E-state index is 0.327. The van der Waals surface area contributed by atoms with E-state index in [0.717, 1.165) is 65.9 Å². The van der Waals surface area contributed by atoms with E-state index in [4.69, 9.17) is 42.9 Å². The van der Waals surface area contributed by atoms with Gasteiger partial charge in [-0.2, -0.15) is 0 Å². The summed E-state index contributed by atoms with van der Waals surface area (Å²) < 4.78 is 33.3. The molecule has 0 amide bonds. The second-order valence-corrected chi connectivity index (χ2v) is 16.8. The maximum Gasteiger partial charge on any atom is 0.569 e. The maximum atomic E-state index is 9.20. The number of fused-ring (bicyclic) bond motifs is 12. The number of benzene rings is 8. The van der Waals surface area contributed by atoms with Crippen LogP contribution in [0.1, 0.15) is 0 Å². The molecule has 339 valence electrons. The van der Waals surface area contributed by atoms with E-state index < -0.39 is 0 Å². The van der Waals surface area contributed by atoms with Gasteiger partial charge >= 0.3 is 7.69 Å². The first-order valence-corrected chi connectivity index (χ1v) is 22.9. The van der Waals surface area contributed by atoms with E-state index in [1.165, 1.54) is 17.9 Å². The highest BCUT2D eigenvalue weighted by Crippen LogP contribution is 2.44. The smallest absolute Gasteiger partial charge is 0.535 e. The highest BCUT2D eigenvalue weighted by Gasteiger charge is 2.25. The van der Waals surface area contributed by atoms with Gasteiger partial charge in [0.15, 0.2) is 28.1 Å². The number of nitrogens with zero attached hydrogens (tertiary/aromatic N) is 6. The van der Waals surface area contributed by atoms with Crippen LogP contribution in [0.2, 0.25) is 0 Å². The molecule has 0 aliphatic carbocycles.